The third-order valence-electron chi connectivity index (χ3n) is 11.6. The lowest BCUT2D eigenvalue weighted by molar-refractivity contribution is 0.118. The molecule has 0 spiro atoms. The van der Waals surface area contributed by atoms with E-state index in [0.29, 0.717) is 17.6 Å². The number of aromatic amines is 2. The fourth-order valence-electron chi connectivity index (χ4n) is 8.64. The smallest absolute Gasteiger partial charge is 0.306 e. The van der Waals surface area contributed by atoms with Crippen molar-refractivity contribution in [2.45, 2.75) is 37.9 Å². The van der Waals surface area contributed by atoms with Gasteiger partial charge >= 0.3 is 11.4 Å². The van der Waals surface area contributed by atoms with E-state index in [-0.39, 0.29) is 17.4 Å². The molecular weight excluding hydrogens is 742 g/mol. The van der Waals surface area contributed by atoms with Crippen LogP contribution in [-0.4, -0.2) is 86.2 Å². The molecule has 5 aromatic carbocycles. The number of aromatic nitrogens is 4. The third kappa shape index (κ3) is 9.46. The van der Waals surface area contributed by atoms with E-state index in [4.69, 9.17) is 11.6 Å². The zero-order chi connectivity index (χ0) is 39.7. The summed E-state index contributed by atoms with van der Waals surface area (Å²) in [4.78, 5) is 38.1. The number of piperazine rings is 1. The van der Waals surface area contributed by atoms with Gasteiger partial charge in [-0.2, -0.15) is 0 Å². The molecule has 2 N–H and O–H groups in total. The van der Waals surface area contributed by atoms with Gasteiger partial charge in [-0.1, -0.05) is 127 Å². The van der Waals surface area contributed by atoms with Gasteiger partial charge in [-0.15, -0.1) is 0 Å². The van der Waals surface area contributed by atoms with Gasteiger partial charge in [0, 0.05) is 63.4 Å². The van der Waals surface area contributed by atoms with Crippen molar-refractivity contribution in [3.05, 3.63) is 182 Å². The zero-order valence-corrected chi connectivity index (χ0v) is 33.7. The zero-order valence-electron chi connectivity index (χ0n) is 32.9. The number of piperidine rings is 1. The Balaban J connectivity index is 0.000000162. The normalized spacial score (nSPS) is 16.0. The van der Waals surface area contributed by atoms with Crippen molar-refractivity contribution >= 4 is 39.7 Å². The Bertz CT molecular complexity index is 2470. The van der Waals surface area contributed by atoms with Crippen molar-refractivity contribution in [1.82, 2.24) is 33.8 Å². The molecule has 10 heteroatoms. The summed E-state index contributed by atoms with van der Waals surface area (Å²) >= 11 is 6.05. The number of imidazole rings is 2. The molecule has 0 bridgehead atoms. The number of fused-ring (bicyclic) bond motifs is 2. The number of likely N-dealkylation sites (tertiary alicyclic amines) is 1. The molecule has 2 saturated heterocycles. The van der Waals surface area contributed by atoms with Crippen LogP contribution in [0.25, 0.3) is 28.1 Å². The van der Waals surface area contributed by atoms with Crippen LogP contribution in [-0.2, 0) is 6.54 Å². The average molecular weight is 794 g/mol. The monoisotopic (exact) mass is 793 g/mol. The summed E-state index contributed by atoms with van der Waals surface area (Å²) in [7, 11) is 0. The Labute approximate surface area is 344 Å². The van der Waals surface area contributed by atoms with E-state index < -0.39 is 0 Å². The van der Waals surface area contributed by atoms with Crippen molar-refractivity contribution in [2.75, 3.05) is 52.4 Å². The number of hydrogen-bond acceptors (Lipinski definition) is 5. The molecular formula is C48H52ClN7O2. The van der Waals surface area contributed by atoms with Crippen LogP contribution in [0.15, 0.2) is 149 Å². The molecule has 9 nitrogen and oxygen atoms in total. The minimum absolute atomic E-state index is 0.0475. The average Bonchev–Trinajstić information content (AvgIpc) is 3.77. The van der Waals surface area contributed by atoms with Gasteiger partial charge in [0.05, 0.1) is 28.1 Å². The Morgan fingerprint density at radius 2 is 1.24 bits per heavy atom. The first-order chi connectivity index (χ1) is 28.5. The highest BCUT2D eigenvalue weighted by Crippen LogP contribution is 2.30. The second-order valence-corrected chi connectivity index (χ2v) is 15.8. The Kier molecular flexibility index (Phi) is 12.8. The quantitative estimate of drug-likeness (QED) is 0.137. The van der Waals surface area contributed by atoms with Gasteiger partial charge in [0.1, 0.15) is 0 Å². The molecule has 298 valence electrons. The molecule has 9 rings (SSSR count). The number of benzene rings is 5. The summed E-state index contributed by atoms with van der Waals surface area (Å²) in [5.74, 6) is 0. The van der Waals surface area contributed by atoms with Crippen LogP contribution >= 0.6 is 11.6 Å². The van der Waals surface area contributed by atoms with Crippen LogP contribution in [0, 0.1) is 0 Å². The minimum atomic E-state index is -0.0653. The molecule has 2 aliphatic heterocycles. The first-order valence-corrected chi connectivity index (χ1v) is 21.0. The van der Waals surface area contributed by atoms with Gasteiger partial charge in [-0.05, 0) is 72.8 Å². The van der Waals surface area contributed by atoms with Crippen LogP contribution in [0.5, 0.6) is 0 Å². The number of aryl methyl sites for hydroxylation is 1. The number of nitrogens with zero attached hydrogens (tertiary/aromatic N) is 5. The number of halogens is 1. The van der Waals surface area contributed by atoms with E-state index in [9.17, 15) is 9.59 Å². The lowest BCUT2D eigenvalue weighted by Gasteiger charge is -2.39. The maximum atomic E-state index is 12.5. The van der Waals surface area contributed by atoms with Crippen molar-refractivity contribution in [3.63, 3.8) is 0 Å². The summed E-state index contributed by atoms with van der Waals surface area (Å²) in [6, 6.07) is 46.2. The third-order valence-corrected chi connectivity index (χ3v) is 11.8. The highest BCUT2D eigenvalue weighted by molar-refractivity contribution is 6.31. The van der Waals surface area contributed by atoms with E-state index in [1.807, 2.05) is 45.5 Å². The predicted octanol–water partition coefficient (Wildman–Crippen LogP) is 8.46. The molecule has 2 aromatic heterocycles. The second kappa shape index (κ2) is 18.9. The molecule has 0 amide bonds. The predicted molar refractivity (Wildman–Crippen MR) is 238 cm³/mol. The lowest BCUT2D eigenvalue weighted by Crippen LogP contribution is -2.47. The largest absolute Gasteiger partial charge is 0.326 e. The Morgan fingerprint density at radius 3 is 1.93 bits per heavy atom. The first-order valence-electron chi connectivity index (χ1n) is 20.6. The van der Waals surface area contributed by atoms with Gasteiger partial charge in [0.25, 0.3) is 0 Å². The van der Waals surface area contributed by atoms with Crippen molar-refractivity contribution in [2.24, 2.45) is 0 Å². The maximum absolute atomic E-state index is 12.5. The number of para-hydroxylation sites is 2. The second-order valence-electron chi connectivity index (χ2n) is 15.4. The van der Waals surface area contributed by atoms with Gasteiger partial charge in [0.2, 0.25) is 0 Å². The van der Waals surface area contributed by atoms with Gasteiger partial charge in [0.15, 0.2) is 0 Å². The standard InChI is InChI=1S/C26H28N2.C22H24ClN5O2/c1-4-11-23(12-5-1)13-10-18-27-19-21-28(22-20-27)26(24-14-6-2-7-15-24)25-16-8-3-9-17-25;23-15-6-7-20-18(14-15)25-22(30)28(20)16-8-12-26(13-9-16)10-3-11-27-19-5-2-1-4-17(19)24-21(27)29/h1-17,26H,18-22H2;1-2,4-7,14,16H,3,8-13H2,(H,24,29)(H,25,30)/b13-10+;. The summed E-state index contributed by atoms with van der Waals surface area (Å²) in [5, 5.41) is 0.625. The highest BCUT2D eigenvalue weighted by Gasteiger charge is 2.26. The molecule has 0 unspecified atom stereocenters. The van der Waals surface area contributed by atoms with Crippen molar-refractivity contribution in [3.8, 4) is 0 Å². The van der Waals surface area contributed by atoms with Crippen LogP contribution < -0.4 is 11.4 Å². The maximum Gasteiger partial charge on any atom is 0.326 e. The van der Waals surface area contributed by atoms with E-state index in [1.165, 1.54) is 16.7 Å². The molecule has 58 heavy (non-hydrogen) atoms. The topological polar surface area (TPSA) is 85.3 Å². The van der Waals surface area contributed by atoms with E-state index in [0.717, 1.165) is 93.7 Å². The van der Waals surface area contributed by atoms with Gasteiger partial charge in [-0.25, -0.2) is 9.59 Å². The van der Waals surface area contributed by atoms with E-state index >= 15 is 0 Å². The van der Waals surface area contributed by atoms with E-state index in [2.05, 4.69) is 128 Å². The number of nitrogens with one attached hydrogen (secondary N) is 2. The SMILES string of the molecule is C(=C\c1ccccc1)/CN1CCN(C(c2ccccc2)c2ccccc2)CC1.O=c1[nH]c2ccccc2n1CCCN1CCC(n2c(=O)[nH]c3cc(Cl)ccc32)CC1. The Hall–Kier alpha value is -5.45. The first kappa shape index (κ1) is 39.4. The fraction of sp³-hybridized carbons (Fsp3) is 0.292. The molecule has 7 aromatic rings. The molecule has 0 saturated carbocycles. The molecule has 0 atom stereocenters. The minimum Gasteiger partial charge on any atom is -0.306 e. The van der Waals surface area contributed by atoms with Crippen molar-refractivity contribution in [1.29, 1.82) is 0 Å². The summed E-state index contributed by atoms with van der Waals surface area (Å²) in [5.41, 5.74) is 7.47. The lowest BCUT2D eigenvalue weighted by atomic mass is 9.96. The molecule has 4 heterocycles. The van der Waals surface area contributed by atoms with Crippen molar-refractivity contribution < 1.29 is 0 Å². The molecule has 0 radical (unpaired) electrons. The molecule has 2 aliphatic rings. The summed E-state index contributed by atoms with van der Waals surface area (Å²) in [6.07, 6.45) is 7.29. The Morgan fingerprint density at radius 1 is 0.621 bits per heavy atom. The summed E-state index contributed by atoms with van der Waals surface area (Å²) < 4.78 is 3.70. The van der Waals surface area contributed by atoms with Crippen LogP contribution in [0.3, 0.4) is 0 Å². The molecule has 0 aliphatic carbocycles. The van der Waals surface area contributed by atoms with E-state index in [1.54, 1.807) is 6.07 Å². The van der Waals surface area contributed by atoms with Crippen LogP contribution in [0.2, 0.25) is 5.02 Å². The number of rotatable bonds is 11. The van der Waals surface area contributed by atoms with Crippen LogP contribution in [0.1, 0.15) is 48.0 Å². The van der Waals surface area contributed by atoms with Crippen LogP contribution in [0.4, 0.5) is 0 Å². The van der Waals surface area contributed by atoms with Gasteiger partial charge in [-0.3, -0.25) is 18.9 Å². The number of H-pyrrole nitrogens is 2. The number of hydrogen-bond donors (Lipinski definition) is 2. The fourth-order valence-corrected chi connectivity index (χ4v) is 8.81. The van der Waals surface area contributed by atoms with Gasteiger partial charge < -0.3 is 14.9 Å². The molecule has 2 fully saturated rings. The summed E-state index contributed by atoms with van der Waals surface area (Å²) in [6.45, 7) is 8.94. The highest BCUT2D eigenvalue weighted by atomic mass is 35.5.